The highest BCUT2D eigenvalue weighted by molar-refractivity contribution is 8.00. The molecule has 1 aromatic carbocycles. The van der Waals surface area contributed by atoms with Gasteiger partial charge in [-0.2, -0.15) is 0 Å². The number of hydrogen-bond donors (Lipinski definition) is 2. The number of rotatable bonds is 5. The van der Waals surface area contributed by atoms with Crippen LogP contribution in [-0.4, -0.2) is 63.2 Å². The van der Waals surface area contributed by atoms with E-state index in [0.717, 1.165) is 5.56 Å². The fraction of sp³-hybridized carbons (Fsp3) is 0.550. The monoisotopic (exact) mass is 406 g/mol. The van der Waals surface area contributed by atoms with E-state index < -0.39 is 23.7 Å². The van der Waals surface area contributed by atoms with Gasteiger partial charge in [0.15, 0.2) is 0 Å². The second-order valence-electron chi connectivity index (χ2n) is 8.10. The number of nitrogens with one attached hydrogen (secondary N) is 1. The molecule has 0 saturated carbocycles. The highest BCUT2D eigenvalue weighted by Crippen LogP contribution is 2.41. The van der Waals surface area contributed by atoms with Gasteiger partial charge in [-0.05, 0) is 26.3 Å². The van der Waals surface area contributed by atoms with Crippen LogP contribution < -0.4 is 5.32 Å². The lowest BCUT2D eigenvalue weighted by Gasteiger charge is -2.54. The zero-order chi connectivity index (χ0) is 20.5. The molecular weight excluding hydrogens is 380 g/mol. The van der Waals surface area contributed by atoms with Crippen LogP contribution in [0.3, 0.4) is 0 Å². The number of ether oxygens (including phenoxy) is 1. The molecule has 2 amide bonds. The number of thioether (sulfide) groups is 1. The minimum absolute atomic E-state index is 0.191. The molecule has 2 fully saturated rings. The molecule has 152 valence electrons. The van der Waals surface area contributed by atoms with Crippen molar-refractivity contribution in [1.82, 2.24) is 10.2 Å². The third-order valence-corrected chi connectivity index (χ3v) is 6.18. The zero-order valence-corrected chi connectivity index (χ0v) is 17.1. The number of carbonyl (C=O) groups is 3. The van der Waals surface area contributed by atoms with Crippen LogP contribution in [0.15, 0.2) is 30.3 Å². The van der Waals surface area contributed by atoms with Crippen LogP contribution in [0.2, 0.25) is 0 Å². The molecule has 2 aliphatic rings. The number of aliphatic hydroxyl groups is 1. The first kappa shape index (κ1) is 20.7. The number of esters is 1. The standard InChI is InChI=1S/C20H26N2O5S/c1-20(2,3)27-19(26)16-13(10-23)11-28-18-15(17(25)22(16)18)21-14(24)9-12-7-5-4-6-8-12/h4-8,13,15-16,18,23H,9-11H2,1-3H3,(H,21,24)/t13?,15?,16?,18-/m1/s1. The van der Waals surface area contributed by atoms with Crippen molar-refractivity contribution in [2.45, 2.75) is 50.3 Å². The van der Waals surface area contributed by atoms with Crippen LogP contribution in [0.5, 0.6) is 0 Å². The maximum Gasteiger partial charge on any atom is 0.329 e. The van der Waals surface area contributed by atoms with Crippen LogP contribution in [0.1, 0.15) is 26.3 Å². The molecule has 8 heteroatoms. The van der Waals surface area contributed by atoms with Crippen molar-refractivity contribution in [2.75, 3.05) is 12.4 Å². The molecule has 4 atom stereocenters. The maximum atomic E-state index is 12.7. The van der Waals surface area contributed by atoms with E-state index in [2.05, 4.69) is 5.32 Å². The van der Waals surface area contributed by atoms with Crippen molar-refractivity contribution < 1.29 is 24.2 Å². The van der Waals surface area contributed by atoms with Gasteiger partial charge in [0.1, 0.15) is 23.1 Å². The number of aliphatic hydroxyl groups excluding tert-OH is 1. The lowest BCUT2D eigenvalue weighted by Crippen LogP contribution is -2.76. The molecule has 2 N–H and O–H groups in total. The van der Waals surface area contributed by atoms with Crippen LogP contribution in [0.25, 0.3) is 0 Å². The molecule has 2 aliphatic heterocycles. The van der Waals surface area contributed by atoms with Crippen molar-refractivity contribution >= 4 is 29.5 Å². The summed E-state index contributed by atoms with van der Waals surface area (Å²) in [5.41, 5.74) is 0.181. The average molecular weight is 407 g/mol. The first-order valence-corrected chi connectivity index (χ1v) is 10.4. The SMILES string of the molecule is CC(C)(C)OC(=O)C1C(CO)CS[C@@H]2C(NC(=O)Cc3ccccc3)C(=O)N12. The molecule has 1 aromatic rings. The molecule has 0 radical (unpaired) electrons. The lowest BCUT2D eigenvalue weighted by molar-refractivity contribution is -0.176. The van der Waals surface area contributed by atoms with Gasteiger partial charge in [-0.15, -0.1) is 11.8 Å². The molecule has 0 aromatic heterocycles. The topological polar surface area (TPSA) is 95.9 Å². The predicted molar refractivity (Wildman–Crippen MR) is 105 cm³/mol. The number of carbonyl (C=O) groups excluding carboxylic acids is 3. The van der Waals surface area contributed by atoms with E-state index >= 15 is 0 Å². The highest BCUT2D eigenvalue weighted by atomic mass is 32.2. The largest absolute Gasteiger partial charge is 0.458 e. The summed E-state index contributed by atoms with van der Waals surface area (Å²) in [5, 5.41) is 12.1. The number of β-lactam (4-membered cyclic amide) rings is 1. The van der Waals surface area contributed by atoms with Gasteiger partial charge in [-0.3, -0.25) is 9.59 Å². The van der Waals surface area contributed by atoms with Gasteiger partial charge in [0, 0.05) is 18.3 Å². The summed E-state index contributed by atoms with van der Waals surface area (Å²) < 4.78 is 5.47. The summed E-state index contributed by atoms with van der Waals surface area (Å²) in [5.74, 6) is -0.934. The first-order valence-electron chi connectivity index (χ1n) is 9.32. The Hall–Kier alpha value is -2.06. The Morgan fingerprint density at radius 3 is 2.57 bits per heavy atom. The van der Waals surface area contributed by atoms with E-state index in [9.17, 15) is 19.5 Å². The second kappa shape index (κ2) is 8.13. The van der Waals surface area contributed by atoms with E-state index in [0.29, 0.717) is 5.75 Å². The van der Waals surface area contributed by atoms with Gasteiger partial charge in [-0.25, -0.2) is 4.79 Å². The van der Waals surface area contributed by atoms with Crippen molar-refractivity contribution in [3.63, 3.8) is 0 Å². The van der Waals surface area contributed by atoms with Crippen LogP contribution >= 0.6 is 11.8 Å². The lowest BCUT2D eigenvalue weighted by atomic mass is 9.93. The van der Waals surface area contributed by atoms with Crippen LogP contribution in [0.4, 0.5) is 0 Å². The summed E-state index contributed by atoms with van der Waals surface area (Å²) in [6.45, 7) is 5.08. The van der Waals surface area contributed by atoms with E-state index in [4.69, 9.17) is 4.74 Å². The number of hydrogen-bond acceptors (Lipinski definition) is 6. The Morgan fingerprint density at radius 1 is 1.29 bits per heavy atom. The van der Waals surface area contributed by atoms with Gasteiger partial charge in [0.05, 0.1) is 6.42 Å². The predicted octanol–water partition coefficient (Wildman–Crippen LogP) is 0.948. The smallest absolute Gasteiger partial charge is 0.329 e. The van der Waals surface area contributed by atoms with Gasteiger partial charge < -0.3 is 20.1 Å². The minimum atomic E-state index is -0.828. The summed E-state index contributed by atoms with van der Waals surface area (Å²) >= 11 is 1.47. The maximum absolute atomic E-state index is 12.7. The number of amides is 2. The van der Waals surface area contributed by atoms with E-state index in [1.54, 1.807) is 20.8 Å². The molecule has 2 saturated heterocycles. The van der Waals surface area contributed by atoms with Crippen LogP contribution in [-0.2, 0) is 25.5 Å². The fourth-order valence-electron chi connectivity index (χ4n) is 3.46. The zero-order valence-electron chi connectivity index (χ0n) is 16.3. The molecule has 0 aliphatic carbocycles. The molecule has 0 bridgehead atoms. The summed E-state index contributed by atoms with van der Waals surface area (Å²) in [4.78, 5) is 39.2. The van der Waals surface area contributed by atoms with Crippen molar-refractivity contribution in [1.29, 1.82) is 0 Å². The van der Waals surface area contributed by atoms with Gasteiger partial charge in [-0.1, -0.05) is 30.3 Å². The van der Waals surface area contributed by atoms with Crippen molar-refractivity contribution in [3.8, 4) is 0 Å². The van der Waals surface area contributed by atoms with Crippen LogP contribution in [0, 0.1) is 5.92 Å². The first-order chi connectivity index (χ1) is 13.2. The Balaban J connectivity index is 1.67. The van der Waals surface area contributed by atoms with E-state index in [1.807, 2.05) is 30.3 Å². The Labute approximate surface area is 168 Å². The third-order valence-electron chi connectivity index (χ3n) is 4.71. The fourth-order valence-corrected chi connectivity index (χ4v) is 4.96. The van der Waals surface area contributed by atoms with Crippen molar-refractivity contribution in [3.05, 3.63) is 35.9 Å². The Morgan fingerprint density at radius 2 is 1.96 bits per heavy atom. The summed E-state index contributed by atoms with van der Waals surface area (Å²) in [6.07, 6.45) is 0.191. The highest BCUT2D eigenvalue weighted by Gasteiger charge is 2.58. The van der Waals surface area contributed by atoms with Gasteiger partial charge in [0.25, 0.3) is 0 Å². The molecule has 7 nitrogen and oxygen atoms in total. The van der Waals surface area contributed by atoms with E-state index in [-0.39, 0.29) is 36.1 Å². The molecular formula is C20H26N2O5S. The molecule has 2 heterocycles. The number of benzene rings is 1. The van der Waals surface area contributed by atoms with Gasteiger partial charge in [0.2, 0.25) is 11.8 Å². The van der Waals surface area contributed by atoms with E-state index in [1.165, 1.54) is 16.7 Å². The number of nitrogens with zero attached hydrogens (tertiary/aromatic N) is 1. The molecule has 28 heavy (non-hydrogen) atoms. The quantitative estimate of drug-likeness (QED) is 0.558. The Kier molecular flexibility index (Phi) is 6.00. The second-order valence-corrected chi connectivity index (χ2v) is 9.25. The van der Waals surface area contributed by atoms with Crippen molar-refractivity contribution in [2.24, 2.45) is 5.92 Å². The minimum Gasteiger partial charge on any atom is -0.458 e. The average Bonchev–Trinajstić information content (AvgIpc) is 2.64. The summed E-state index contributed by atoms with van der Waals surface area (Å²) in [6, 6.07) is 7.81. The third kappa shape index (κ3) is 4.33. The molecule has 3 rings (SSSR count). The number of fused-ring (bicyclic) bond motifs is 1. The Bertz CT molecular complexity index is 749. The normalized spacial score (nSPS) is 26.9. The molecule has 0 spiro atoms. The van der Waals surface area contributed by atoms with Gasteiger partial charge >= 0.3 is 5.97 Å². The molecule has 3 unspecified atom stereocenters. The summed E-state index contributed by atoms with van der Waals surface area (Å²) in [7, 11) is 0.